The van der Waals surface area contributed by atoms with Gasteiger partial charge >= 0.3 is 5.97 Å². The van der Waals surface area contributed by atoms with E-state index in [1.165, 1.54) is 23.5 Å². The lowest BCUT2D eigenvalue weighted by molar-refractivity contribution is -0.384. The van der Waals surface area contributed by atoms with Crippen molar-refractivity contribution >= 4 is 33.1 Å². The molecule has 0 atom stereocenters. The molecule has 0 aliphatic rings. The molecule has 0 saturated heterocycles. The fraction of sp³-hybridized carbons (Fsp3) is 0.118. The van der Waals surface area contributed by atoms with E-state index in [-0.39, 0.29) is 11.7 Å². The number of nitrogens with zero attached hydrogens (tertiary/aromatic N) is 1. The van der Waals surface area contributed by atoms with Crippen molar-refractivity contribution in [2.75, 3.05) is 6.61 Å². The molecule has 2 aromatic carbocycles. The molecule has 0 N–H and O–H groups in total. The number of fused-ring (bicyclic) bond motifs is 1. The third-order valence-electron chi connectivity index (χ3n) is 3.42. The normalized spacial score (nSPS) is 10.7. The smallest absolute Gasteiger partial charge is 0.348 e. The standard InChI is InChI=1S/C17H13NO4S/c1-2-22-17(19)16-15(13-5-3-4-6-14(13)23-16)11-7-9-12(10-8-11)18(20)21/h3-10H,2H2,1H3. The largest absolute Gasteiger partial charge is 0.462 e. The van der Waals surface area contributed by atoms with E-state index in [1.807, 2.05) is 24.3 Å². The van der Waals surface area contributed by atoms with Crippen LogP contribution in [0.4, 0.5) is 5.69 Å². The maximum Gasteiger partial charge on any atom is 0.348 e. The van der Waals surface area contributed by atoms with Crippen LogP contribution < -0.4 is 0 Å². The number of ether oxygens (including phenoxy) is 1. The van der Waals surface area contributed by atoms with E-state index in [0.717, 1.165) is 21.2 Å². The van der Waals surface area contributed by atoms with E-state index in [4.69, 9.17) is 4.74 Å². The van der Waals surface area contributed by atoms with Crippen molar-refractivity contribution in [1.82, 2.24) is 0 Å². The van der Waals surface area contributed by atoms with Crippen molar-refractivity contribution in [3.8, 4) is 11.1 Å². The molecule has 6 heteroatoms. The van der Waals surface area contributed by atoms with Gasteiger partial charge in [-0.3, -0.25) is 10.1 Å². The molecule has 0 unspecified atom stereocenters. The number of nitro benzene ring substituents is 1. The van der Waals surface area contributed by atoms with Crippen LogP contribution in [0, 0.1) is 10.1 Å². The summed E-state index contributed by atoms with van der Waals surface area (Å²) in [6.07, 6.45) is 0. The molecular weight excluding hydrogens is 314 g/mol. The quantitative estimate of drug-likeness (QED) is 0.397. The second kappa shape index (κ2) is 6.18. The van der Waals surface area contributed by atoms with Crippen LogP contribution in [-0.4, -0.2) is 17.5 Å². The maximum absolute atomic E-state index is 12.3. The van der Waals surface area contributed by atoms with Crippen molar-refractivity contribution in [3.05, 3.63) is 63.5 Å². The third-order valence-corrected chi connectivity index (χ3v) is 4.57. The molecule has 3 rings (SSSR count). The Labute approximate surface area is 136 Å². The highest BCUT2D eigenvalue weighted by Crippen LogP contribution is 2.39. The summed E-state index contributed by atoms with van der Waals surface area (Å²) in [6, 6.07) is 13.9. The van der Waals surface area contributed by atoms with Crippen LogP contribution in [0.25, 0.3) is 21.2 Å². The Morgan fingerprint density at radius 1 is 1.17 bits per heavy atom. The summed E-state index contributed by atoms with van der Waals surface area (Å²) in [5, 5.41) is 11.7. The minimum Gasteiger partial charge on any atom is -0.462 e. The first-order valence-electron chi connectivity index (χ1n) is 7.05. The summed E-state index contributed by atoms with van der Waals surface area (Å²) in [5.41, 5.74) is 1.54. The first kappa shape index (κ1) is 15.2. The summed E-state index contributed by atoms with van der Waals surface area (Å²) < 4.78 is 6.12. The summed E-state index contributed by atoms with van der Waals surface area (Å²) >= 11 is 1.37. The molecular formula is C17H13NO4S. The highest BCUT2D eigenvalue weighted by atomic mass is 32.1. The van der Waals surface area contributed by atoms with Gasteiger partial charge in [-0.15, -0.1) is 11.3 Å². The minimum atomic E-state index is -0.443. The fourth-order valence-corrected chi connectivity index (χ4v) is 3.54. The van der Waals surface area contributed by atoms with E-state index in [0.29, 0.717) is 11.5 Å². The minimum absolute atomic E-state index is 0.0194. The first-order chi connectivity index (χ1) is 11.1. The molecule has 0 bridgehead atoms. The molecule has 0 fully saturated rings. The number of carbonyl (C=O) groups excluding carboxylic acids is 1. The molecule has 1 aromatic heterocycles. The van der Waals surface area contributed by atoms with E-state index in [9.17, 15) is 14.9 Å². The number of hydrogen-bond acceptors (Lipinski definition) is 5. The van der Waals surface area contributed by atoms with Gasteiger partial charge in [-0.25, -0.2) is 4.79 Å². The predicted octanol–water partition coefficient (Wildman–Crippen LogP) is 4.65. The molecule has 0 aliphatic carbocycles. The maximum atomic E-state index is 12.3. The van der Waals surface area contributed by atoms with Crippen LogP contribution in [0.15, 0.2) is 48.5 Å². The number of hydrogen-bond donors (Lipinski definition) is 0. The van der Waals surface area contributed by atoms with Gasteiger partial charge in [0.1, 0.15) is 4.88 Å². The zero-order valence-corrected chi connectivity index (χ0v) is 13.1. The van der Waals surface area contributed by atoms with Crippen molar-refractivity contribution in [2.24, 2.45) is 0 Å². The Balaban J connectivity index is 2.19. The molecule has 0 radical (unpaired) electrons. The van der Waals surface area contributed by atoms with E-state index >= 15 is 0 Å². The van der Waals surface area contributed by atoms with Crippen LogP contribution >= 0.6 is 11.3 Å². The highest BCUT2D eigenvalue weighted by Gasteiger charge is 2.21. The number of nitro groups is 1. The molecule has 5 nitrogen and oxygen atoms in total. The molecule has 0 spiro atoms. The molecule has 23 heavy (non-hydrogen) atoms. The third kappa shape index (κ3) is 2.80. The Hall–Kier alpha value is -2.73. The summed E-state index contributed by atoms with van der Waals surface area (Å²) in [6.45, 7) is 2.06. The summed E-state index contributed by atoms with van der Waals surface area (Å²) in [7, 11) is 0. The van der Waals surface area contributed by atoms with Crippen molar-refractivity contribution in [2.45, 2.75) is 6.92 Å². The second-order valence-corrected chi connectivity index (χ2v) is 5.88. The Bertz CT molecular complexity index is 883. The van der Waals surface area contributed by atoms with Crippen LogP contribution in [0.1, 0.15) is 16.6 Å². The molecule has 116 valence electrons. The van der Waals surface area contributed by atoms with Crippen LogP contribution in [-0.2, 0) is 4.74 Å². The SMILES string of the molecule is CCOC(=O)c1sc2ccccc2c1-c1ccc([N+](=O)[O-])cc1. The number of carbonyl (C=O) groups is 1. The van der Waals surface area contributed by atoms with Crippen LogP contribution in [0.2, 0.25) is 0 Å². The van der Waals surface area contributed by atoms with Gasteiger partial charge in [0.2, 0.25) is 0 Å². The molecule has 0 amide bonds. The molecule has 3 aromatic rings. The average Bonchev–Trinajstić information content (AvgIpc) is 2.94. The van der Waals surface area contributed by atoms with Crippen LogP contribution in [0.5, 0.6) is 0 Å². The summed E-state index contributed by atoms with van der Waals surface area (Å²) in [4.78, 5) is 23.1. The molecule has 0 aliphatic heterocycles. The average molecular weight is 327 g/mol. The zero-order chi connectivity index (χ0) is 16.4. The van der Waals surface area contributed by atoms with Gasteiger partial charge in [0.05, 0.1) is 11.5 Å². The van der Waals surface area contributed by atoms with E-state index in [2.05, 4.69) is 0 Å². The van der Waals surface area contributed by atoms with E-state index in [1.54, 1.807) is 19.1 Å². The lowest BCUT2D eigenvalue weighted by Crippen LogP contribution is -2.03. The number of non-ortho nitro benzene ring substituents is 1. The van der Waals surface area contributed by atoms with Crippen molar-refractivity contribution in [3.63, 3.8) is 0 Å². The van der Waals surface area contributed by atoms with Gasteiger partial charge in [-0.2, -0.15) is 0 Å². The van der Waals surface area contributed by atoms with Gasteiger partial charge in [0.15, 0.2) is 0 Å². The molecule has 1 heterocycles. The fourth-order valence-electron chi connectivity index (χ4n) is 2.42. The first-order valence-corrected chi connectivity index (χ1v) is 7.87. The van der Waals surface area contributed by atoms with Gasteiger partial charge < -0.3 is 4.74 Å². The lowest BCUT2D eigenvalue weighted by Gasteiger charge is -2.05. The Kier molecular flexibility index (Phi) is 4.08. The predicted molar refractivity (Wildman–Crippen MR) is 89.9 cm³/mol. The van der Waals surface area contributed by atoms with Gasteiger partial charge in [0, 0.05) is 27.8 Å². The van der Waals surface area contributed by atoms with Crippen molar-refractivity contribution < 1.29 is 14.5 Å². The second-order valence-electron chi connectivity index (χ2n) is 4.83. The number of benzene rings is 2. The summed E-state index contributed by atoms with van der Waals surface area (Å²) in [5.74, 6) is -0.373. The van der Waals surface area contributed by atoms with Gasteiger partial charge in [-0.1, -0.05) is 18.2 Å². The lowest BCUT2D eigenvalue weighted by atomic mass is 10.0. The zero-order valence-electron chi connectivity index (χ0n) is 12.3. The van der Waals surface area contributed by atoms with E-state index < -0.39 is 4.92 Å². The number of thiophene rings is 1. The topological polar surface area (TPSA) is 69.4 Å². The highest BCUT2D eigenvalue weighted by molar-refractivity contribution is 7.21. The monoisotopic (exact) mass is 327 g/mol. The van der Waals surface area contributed by atoms with Crippen molar-refractivity contribution in [1.29, 1.82) is 0 Å². The van der Waals surface area contributed by atoms with Gasteiger partial charge in [-0.05, 0) is 30.7 Å². The Morgan fingerprint density at radius 3 is 2.52 bits per heavy atom. The van der Waals surface area contributed by atoms with Gasteiger partial charge in [0.25, 0.3) is 5.69 Å². The number of rotatable bonds is 4. The number of esters is 1. The van der Waals surface area contributed by atoms with Crippen LogP contribution in [0.3, 0.4) is 0 Å². The Morgan fingerprint density at radius 2 is 1.87 bits per heavy atom. The molecule has 0 saturated carbocycles.